The van der Waals surface area contributed by atoms with Crippen molar-refractivity contribution in [2.75, 3.05) is 19.7 Å². The van der Waals surface area contributed by atoms with Crippen molar-refractivity contribution in [2.45, 2.75) is 31.8 Å². The third-order valence-electron chi connectivity index (χ3n) is 5.56. The number of amides is 1. The van der Waals surface area contributed by atoms with Gasteiger partial charge in [-0.3, -0.25) is 9.69 Å². The van der Waals surface area contributed by atoms with Gasteiger partial charge in [0.15, 0.2) is 0 Å². The molecule has 4 nitrogen and oxygen atoms in total. The zero-order chi connectivity index (χ0) is 20.8. The summed E-state index contributed by atoms with van der Waals surface area (Å²) in [4.78, 5) is 13.7. The minimum absolute atomic E-state index is 0.0991. The lowest BCUT2D eigenvalue weighted by molar-refractivity contribution is -0.137. The van der Waals surface area contributed by atoms with Crippen molar-refractivity contribution in [3.8, 4) is 0 Å². The van der Waals surface area contributed by atoms with Gasteiger partial charge in [0.25, 0.3) is 5.91 Å². The molecule has 0 aliphatic carbocycles. The molecule has 1 amide bonds. The van der Waals surface area contributed by atoms with E-state index in [9.17, 15) is 22.4 Å². The summed E-state index contributed by atoms with van der Waals surface area (Å²) in [5, 5.41) is 2.77. The van der Waals surface area contributed by atoms with E-state index in [2.05, 4.69) is 5.32 Å². The van der Waals surface area contributed by atoms with Gasteiger partial charge < -0.3 is 10.1 Å². The van der Waals surface area contributed by atoms with Crippen LogP contribution in [0.3, 0.4) is 0 Å². The van der Waals surface area contributed by atoms with E-state index in [1.54, 1.807) is 13.0 Å². The fourth-order valence-electron chi connectivity index (χ4n) is 3.90. The number of alkyl halides is 3. The van der Waals surface area contributed by atoms with Crippen LogP contribution in [0.4, 0.5) is 17.6 Å². The Labute approximate surface area is 165 Å². The first kappa shape index (κ1) is 19.8. The standard InChI is InChI=1S/C21H20F4N2O2/c1-12(14-7-16(21(23,24)25)9-17(22)8-14)27-4-5-29-19(11-27)13-2-3-18-15(6-13)10-26-20(18)28/h2-3,6-9,12,19H,4-5,10-11H2,1H3,(H,26,28)/t12-,19+/m1/s1. The van der Waals surface area contributed by atoms with Crippen LogP contribution in [0.2, 0.25) is 0 Å². The molecule has 1 N–H and O–H groups in total. The second-order valence-corrected chi connectivity index (χ2v) is 7.40. The molecule has 29 heavy (non-hydrogen) atoms. The van der Waals surface area contributed by atoms with E-state index >= 15 is 0 Å². The van der Waals surface area contributed by atoms with Crippen molar-refractivity contribution in [1.29, 1.82) is 0 Å². The van der Waals surface area contributed by atoms with Gasteiger partial charge in [0.1, 0.15) is 5.82 Å². The molecule has 2 aromatic carbocycles. The first-order valence-corrected chi connectivity index (χ1v) is 9.37. The number of hydrogen-bond acceptors (Lipinski definition) is 3. The molecule has 0 radical (unpaired) electrons. The molecule has 0 unspecified atom stereocenters. The Balaban J connectivity index is 1.54. The summed E-state index contributed by atoms with van der Waals surface area (Å²) in [6.45, 7) is 3.63. The Morgan fingerprint density at radius 2 is 2.00 bits per heavy atom. The monoisotopic (exact) mass is 408 g/mol. The molecule has 2 aliphatic heterocycles. The number of morpholine rings is 1. The number of fused-ring (bicyclic) bond motifs is 1. The zero-order valence-corrected chi connectivity index (χ0v) is 15.7. The van der Waals surface area contributed by atoms with Crippen LogP contribution in [0.25, 0.3) is 0 Å². The Hall–Kier alpha value is -2.45. The highest BCUT2D eigenvalue weighted by molar-refractivity contribution is 5.98. The molecule has 2 atom stereocenters. The van der Waals surface area contributed by atoms with Crippen molar-refractivity contribution >= 4 is 5.91 Å². The van der Waals surface area contributed by atoms with Gasteiger partial charge in [-0.25, -0.2) is 4.39 Å². The summed E-state index contributed by atoms with van der Waals surface area (Å²) in [5.41, 5.74) is 1.75. The van der Waals surface area contributed by atoms with Crippen LogP contribution in [0.1, 0.15) is 51.7 Å². The molecule has 154 valence electrons. The molecule has 2 aliphatic rings. The number of hydrogen-bond donors (Lipinski definition) is 1. The fourth-order valence-corrected chi connectivity index (χ4v) is 3.90. The molecule has 1 fully saturated rings. The van der Waals surface area contributed by atoms with Crippen LogP contribution < -0.4 is 5.32 Å². The van der Waals surface area contributed by atoms with E-state index in [4.69, 9.17) is 4.74 Å². The summed E-state index contributed by atoms with van der Waals surface area (Å²) in [5.74, 6) is -1.000. The van der Waals surface area contributed by atoms with Crippen molar-refractivity contribution in [2.24, 2.45) is 0 Å². The van der Waals surface area contributed by atoms with Crippen LogP contribution in [-0.4, -0.2) is 30.5 Å². The average molecular weight is 408 g/mol. The van der Waals surface area contributed by atoms with Crippen LogP contribution >= 0.6 is 0 Å². The molecule has 2 aromatic rings. The van der Waals surface area contributed by atoms with E-state index in [0.717, 1.165) is 23.3 Å². The molecule has 0 bridgehead atoms. The summed E-state index contributed by atoms with van der Waals surface area (Å²) < 4.78 is 58.8. The number of carbonyl (C=O) groups excluding carboxylic acids is 1. The summed E-state index contributed by atoms with van der Waals surface area (Å²) in [6.07, 6.45) is -4.87. The highest BCUT2D eigenvalue weighted by Crippen LogP contribution is 2.34. The maximum atomic E-state index is 13.8. The van der Waals surface area contributed by atoms with E-state index < -0.39 is 23.6 Å². The van der Waals surface area contributed by atoms with Gasteiger partial charge in [-0.15, -0.1) is 0 Å². The van der Waals surface area contributed by atoms with Crippen molar-refractivity contribution in [3.63, 3.8) is 0 Å². The van der Waals surface area contributed by atoms with Crippen LogP contribution in [0.15, 0.2) is 36.4 Å². The van der Waals surface area contributed by atoms with Gasteiger partial charge in [-0.1, -0.05) is 12.1 Å². The van der Waals surface area contributed by atoms with E-state index in [1.807, 2.05) is 17.0 Å². The van der Waals surface area contributed by atoms with E-state index in [1.165, 1.54) is 0 Å². The largest absolute Gasteiger partial charge is 0.416 e. The lowest BCUT2D eigenvalue weighted by atomic mass is 9.99. The van der Waals surface area contributed by atoms with Crippen molar-refractivity contribution < 1.29 is 27.1 Å². The lowest BCUT2D eigenvalue weighted by Crippen LogP contribution is -2.40. The highest BCUT2D eigenvalue weighted by atomic mass is 19.4. The molecule has 4 rings (SSSR count). The number of nitrogens with zero attached hydrogens (tertiary/aromatic N) is 1. The number of benzene rings is 2. The first-order valence-electron chi connectivity index (χ1n) is 9.37. The summed E-state index contributed by atoms with van der Waals surface area (Å²) in [7, 11) is 0. The van der Waals surface area contributed by atoms with Crippen LogP contribution in [0.5, 0.6) is 0 Å². The quantitative estimate of drug-likeness (QED) is 0.774. The summed E-state index contributed by atoms with van der Waals surface area (Å²) >= 11 is 0. The van der Waals surface area contributed by atoms with Gasteiger partial charge in [0.05, 0.1) is 18.3 Å². The number of nitrogens with one attached hydrogen (secondary N) is 1. The summed E-state index contributed by atoms with van der Waals surface area (Å²) in [6, 6.07) is 7.79. The van der Waals surface area contributed by atoms with E-state index in [-0.39, 0.29) is 17.6 Å². The minimum Gasteiger partial charge on any atom is -0.371 e. The van der Waals surface area contributed by atoms with Gasteiger partial charge in [0, 0.05) is 31.2 Å². The maximum absolute atomic E-state index is 13.8. The molecule has 0 spiro atoms. The minimum atomic E-state index is -4.60. The predicted molar refractivity (Wildman–Crippen MR) is 97.7 cm³/mol. The maximum Gasteiger partial charge on any atom is 0.416 e. The second-order valence-electron chi connectivity index (χ2n) is 7.40. The molecular weight excluding hydrogens is 388 g/mol. The van der Waals surface area contributed by atoms with Gasteiger partial charge in [-0.2, -0.15) is 13.2 Å². The van der Waals surface area contributed by atoms with Gasteiger partial charge in [-0.05, 0) is 47.9 Å². The molecule has 1 saturated heterocycles. The zero-order valence-electron chi connectivity index (χ0n) is 15.7. The van der Waals surface area contributed by atoms with Crippen LogP contribution in [-0.2, 0) is 17.5 Å². The Morgan fingerprint density at radius 3 is 2.76 bits per heavy atom. The number of ether oxygens (including phenoxy) is 1. The third-order valence-corrected chi connectivity index (χ3v) is 5.56. The Bertz CT molecular complexity index is 945. The molecular formula is C21H20F4N2O2. The Morgan fingerprint density at radius 1 is 1.21 bits per heavy atom. The van der Waals surface area contributed by atoms with Crippen molar-refractivity contribution in [1.82, 2.24) is 10.2 Å². The third kappa shape index (κ3) is 4.00. The normalized spacial score (nSPS) is 21.0. The predicted octanol–water partition coefficient (Wildman–Crippen LogP) is 4.22. The van der Waals surface area contributed by atoms with Crippen molar-refractivity contribution in [3.05, 3.63) is 70.0 Å². The van der Waals surface area contributed by atoms with Gasteiger partial charge in [0.2, 0.25) is 0 Å². The van der Waals surface area contributed by atoms with E-state index in [0.29, 0.717) is 37.9 Å². The average Bonchev–Trinajstić information content (AvgIpc) is 3.06. The highest BCUT2D eigenvalue weighted by Gasteiger charge is 2.33. The fraction of sp³-hybridized carbons (Fsp3) is 0.381. The van der Waals surface area contributed by atoms with Gasteiger partial charge >= 0.3 is 6.18 Å². The molecule has 2 heterocycles. The topological polar surface area (TPSA) is 41.6 Å². The number of rotatable bonds is 3. The molecule has 0 saturated carbocycles. The smallest absolute Gasteiger partial charge is 0.371 e. The Kier molecular flexibility index (Phi) is 5.08. The first-order chi connectivity index (χ1) is 13.7. The molecule has 8 heteroatoms. The lowest BCUT2D eigenvalue weighted by Gasteiger charge is -2.37. The number of carbonyl (C=O) groups is 1. The van der Waals surface area contributed by atoms with Crippen LogP contribution in [0, 0.1) is 5.82 Å². The number of halogens is 4. The second kappa shape index (κ2) is 7.42. The SMILES string of the molecule is C[C@H](c1cc(F)cc(C(F)(F)F)c1)N1CCO[C@H](c2ccc3c(c2)CNC3=O)C1. The molecule has 0 aromatic heterocycles.